The van der Waals surface area contributed by atoms with Crippen molar-refractivity contribution in [3.63, 3.8) is 0 Å². The Hall–Kier alpha value is -2.52. The standard InChI is InChI=1S/C25H35N5O3S/c1-15-12-18(28-24(3,4)5)26-13-17(15)20-19(22(31)30-10-7-8-16(30)2)27-21(34-20)23(32)29-11-9-25(6,33)14-29/h12-13,16,33H,7-11,14H2,1-6H3,(H,26,28)/t16-,25?/m0/s1. The van der Waals surface area contributed by atoms with E-state index in [2.05, 4.69) is 43.0 Å². The topological polar surface area (TPSA) is 98.7 Å². The van der Waals surface area contributed by atoms with Crippen LogP contribution in [0, 0.1) is 6.92 Å². The monoisotopic (exact) mass is 485 g/mol. The van der Waals surface area contributed by atoms with Crippen LogP contribution in [-0.4, -0.2) is 73.5 Å². The fourth-order valence-corrected chi connectivity index (χ4v) is 5.71. The number of nitrogens with one attached hydrogen (secondary N) is 1. The highest BCUT2D eigenvalue weighted by molar-refractivity contribution is 7.17. The molecule has 184 valence electrons. The predicted octanol–water partition coefficient (Wildman–Crippen LogP) is 3.95. The number of aromatic nitrogens is 2. The van der Waals surface area contributed by atoms with Crippen LogP contribution in [0.1, 0.15) is 79.7 Å². The first-order valence-corrected chi connectivity index (χ1v) is 12.7. The number of thiazole rings is 1. The van der Waals surface area contributed by atoms with Crippen molar-refractivity contribution >= 4 is 29.0 Å². The summed E-state index contributed by atoms with van der Waals surface area (Å²) < 4.78 is 0. The Morgan fingerprint density at radius 2 is 2.00 bits per heavy atom. The van der Waals surface area contributed by atoms with Gasteiger partial charge in [-0.25, -0.2) is 9.97 Å². The number of amides is 2. The predicted molar refractivity (Wildman–Crippen MR) is 134 cm³/mol. The quantitative estimate of drug-likeness (QED) is 0.681. The van der Waals surface area contributed by atoms with Gasteiger partial charge in [-0.15, -0.1) is 11.3 Å². The number of β-amino-alcohol motifs (C(OH)–C–C–N with tert-alkyl or cyclic N) is 1. The van der Waals surface area contributed by atoms with Crippen molar-refractivity contribution in [3.8, 4) is 10.4 Å². The van der Waals surface area contributed by atoms with Crippen LogP contribution in [0.15, 0.2) is 12.3 Å². The Balaban J connectivity index is 1.73. The van der Waals surface area contributed by atoms with Gasteiger partial charge in [0.15, 0.2) is 5.01 Å². The van der Waals surface area contributed by atoms with Crippen molar-refractivity contribution in [2.45, 2.75) is 78.0 Å². The molecule has 2 amide bonds. The lowest BCUT2D eigenvalue weighted by Crippen LogP contribution is -2.35. The second kappa shape index (κ2) is 8.92. The van der Waals surface area contributed by atoms with Gasteiger partial charge in [-0.3, -0.25) is 9.59 Å². The van der Waals surface area contributed by atoms with E-state index in [0.29, 0.717) is 30.1 Å². The van der Waals surface area contributed by atoms with Crippen LogP contribution in [0.5, 0.6) is 0 Å². The lowest BCUT2D eigenvalue weighted by molar-refractivity contribution is 0.0571. The molecule has 4 rings (SSSR count). The number of aliphatic hydroxyl groups is 1. The van der Waals surface area contributed by atoms with E-state index in [9.17, 15) is 14.7 Å². The Bertz CT molecular complexity index is 1100. The molecule has 2 aromatic heterocycles. The summed E-state index contributed by atoms with van der Waals surface area (Å²) in [5.74, 6) is 0.379. The lowest BCUT2D eigenvalue weighted by atomic mass is 10.1. The average molecular weight is 486 g/mol. The first-order chi connectivity index (χ1) is 15.8. The highest BCUT2D eigenvalue weighted by Crippen LogP contribution is 2.36. The fraction of sp³-hybridized carbons (Fsp3) is 0.600. The highest BCUT2D eigenvalue weighted by atomic mass is 32.1. The van der Waals surface area contributed by atoms with E-state index >= 15 is 0 Å². The van der Waals surface area contributed by atoms with Crippen LogP contribution < -0.4 is 5.32 Å². The zero-order chi connectivity index (χ0) is 24.8. The van der Waals surface area contributed by atoms with E-state index in [4.69, 9.17) is 0 Å². The lowest BCUT2D eigenvalue weighted by Gasteiger charge is -2.22. The molecule has 2 aliphatic heterocycles. The van der Waals surface area contributed by atoms with Crippen LogP contribution in [0.3, 0.4) is 0 Å². The van der Waals surface area contributed by atoms with E-state index in [0.717, 1.165) is 29.8 Å². The molecule has 8 nitrogen and oxygen atoms in total. The first kappa shape index (κ1) is 24.6. The minimum atomic E-state index is -0.893. The molecular weight excluding hydrogens is 450 g/mol. The zero-order valence-electron chi connectivity index (χ0n) is 20.9. The molecule has 2 aromatic rings. The maximum Gasteiger partial charge on any atom is 0.282 e. The second-order valence-corrected chi connectivity index (χ2v) is 11.9. The summed E-state index contributed by atoms with van der Waals surface area (Å²) in [4.78, 5) is 40.1. The molecule has 2 aliphatic rings. The van der Waals surface area contributed by atoms with Crippen molar-refractivity contribution in [1.82, 2.24) is 19.8 Å². The van der Waals surface area contributed by atoms with Gasteiger partial charge in [0.2, 0.25) is 0 Å². The second-order valence-electron chi connectivity index (χ2n) is 10.9. The molecule has 9 heteroatoms. The zero-order valence-corrected chi connectivity index (χ0v) is 21.8. The molecule has 4 heterocycles. The van der Waals surface area contributed by atoms with Gasteiger partial charge in [0.1, 0.15) is 11.5 Å². The maximum atomic E-state index is 13.6. The molecular formula is C25H35N5O3S. The Morgan fingerprint density at radius 1 is 1.26 bits per heavy atom. The fourth-order valence-electron chi connectivity index (χ4n) is 4.61. The molecule has 2 saturated heterocycles. The summed E-state index contributed by atoms with van der Waals surface area (Å²) >= 11 is 1.24. The van der Waals surface area contributed by atoms with Gasteiger partial charge in [-0.05, 0) is 72.4 Å². The largest absolute Gasteiger partial charge is 0.388 e. The van der Waals surface area contributed by atoms with E-state index < -0.39 is 5.60 Å². The highest BCUT2D eigenvalue weighted by Gasteiger charge is 2.37. The number of likely N-dealkylation sites (tertiary alicyclic amines) is 2. The first-order valence-electron chi connectivity index (χ1n) is 11.9. The van der Waals surface area contributed by atoms with E-state index in [1.807, 2.05) is 17.9 Å². The Morgan fingerprint density at radius 3 is 2.56 bits per heavy atom. The summed E-state index contributed by atoms with van der Waals surface area (Å²) in [7, 11) is 0. The number of aryl methyl sites for hydroxylation is 1. The summed E-state index contributed by atoms with van der Waals surface area (Å²) in [6, 6.07) is 2.11. The molecule has 0 bridgehead atoms. The summed E-state index contributed by atoms with van der Waals surface area (Å²) in [6.45, 7) is 13.4. The molecule has 0 radical (unpaired) electrons. The summed E-state index contributed by atoms with van der Waals surface area (Å²) in [5.41, 5.74) is 1.05. The number of hydrogen-bond acceptors (Lipinski definition) is 7. The van der Waals surface area contributed by atoms with Crippen LogP contribution in [-0.2, 0) is 0 Å². The van der Waals surface area contributed by atoms with Gasteiger partial charge < -0.3 is 20.2 Å². The number of carbonyl (C=O) groups excluding carboxylic acids is 2. The van der Waals surface area contributed by atoms with Gasteiger partial charge in [0.05, 0.1) is 10.5 Å². The number of nitrogens with zero attached hydrogens (tertiary/aromatic N) is 4. The minimum Gasteiger partial charge on any atom is -0.388 e. The molecule has 0 saturated carbocycles. The van der Waals surface area contributed by atoms with Crippen LogP contribution in [0.25, 0.3) is 10.4 Å². The number of anilines is 1. The third kappa shape index (κ3) is 5.10. The Labute approximate surface area is 205 Å². The third-order valence-electron chi connectivity index (χ3n) is 6.42. The van der Waals surface area contributed by atoms with Crippen molar-refractivity contribution in [2.75, 3.05) is 25.0 Å². The van der Waals surface area contributed by atoms with E-state index in [1.54, 1.807) is 18.0 Å². The van der Waals surface area contributed by atoms with Crippen molar-refractivity contribution in [2.24, 2.45) is 0 Å². The summed E-state index contributed by atoms with van der Waals surface area (Å²) in [6.07, 6.45) is 4.22. The van der Waals surface area contributed by atoms with E-state index in [-0.39, 0.29) is 34.9 Å². The molecule has 2 fully saturated rings. The number of carbonyl (C=O) groups is 2. The number of pyridine rings is 1. The van der Waals surface area contributed by atoms with Gasteiger partial charge in [0.25, 0.3) is 11.8 Å². The molecule has 1 unspecified atom stereocenters. The average Bonchev–Trinajstić information content (AvgIpc) is 3.44. The summed E-state index contributed by atoms with van der Waals surface area (Å²) in [5, 5.41) is 14.0. The van der Waals surface area contributed by atoms with Crippen LogP contribution in [0.2, 0.25) is 0 Å². The maximum absolute atomic E-state index is 13.6. The molecule has 0 aliphatic carbocycles. The number of hydrogen-bond donors (Lipinski definition) is 2. The van der Waals surface area contributed by atoms with Gasteiger partial charge >= 0.3 is 0 Å². The normalized spacial score (nSPS) is 23.0. The van der Waals surface area contributed by atoms with Crippen molar-refractivity contribution in [1.29, 1.82) is 0 Å². The van der Waals surface area contributed by atoms with Crippen molar-refractivity contribution < 1.29 is 14.7 Å². The molecule has 34 heavy (non-hydrogen) atoms. The van der Waals surface area contributed by atoms with Crippen LogP contribution in [0.4, 0.5) is 5.82 Å². The SMILES string of the molecule is Cc1cc(NC(C)(C)C)ncc1-c1sc(C(=O)N2CCC(C)(O)C2)nc1C(=O)N1CCC[C@@H]1C. The van der Waals surface area contributed by atoms with Gasteiger partial charge in [0, 0.05) is 43.0 Å². The third-order valence-corrected chi connectivity index (χ3v) is 7.50. The number of rotatable bonds is 4. The molecule has 2 atom stereocenters. The van der Waals surface area contributed by atoms with Gasteiger partial charge in [-0.2, -0.15) is 0 Å². The molecule has 0 spiro atoms. The van der Waals surface area contributed by atoms with Crippen LogP contribution >= 0.6 is 11.3 Å². The van der Waals surface area contributed by atoms with E-state index in [1.165, 1.54) is 11.3 Å². The minimum absolute atomic E-state index is 0.130. The smallest absolute Gasteiger partial charge is 0.282 e. The Kier molecular flexibility index (Phi) is 6.46. The van der Waals surface area contributed by atoms with Crippen molar-refractivity contribution in [3.05, 3.63) is 28.5 Å². The molecule has 0 aromatic carbocycles. The molecule has 2 N–H and O–H groups in total. The van der Waals surface area contributed by atoms with Gasteiger partial charge in [-0.1, -0.05) is 0 Å².